The quantitative estimate of drug-likeness (QED) is 0.914. The summed E-state index contributed by atoms with van der Waals surface area (Å²) in [4.78, 5) is 16.1. The molecule has 0 bridgehead atoms. The summed E-state index contributed by atoms with van der Waals surface area (Å²) in [5, 5.41) is 2.77. The molecular formula is C13H16ClFN4O. The van der Waals surface area contributed by atoms with Crippen molar-refractivity contribution in [2.24, 2.45) is 0 Å². The van der Waals surface area contributed by atoms with Gasteiger partial charge in [-0.15, -0.1) is 0 Å². The smallest absolute Gasteiger partial charge is 0.243 e. The molecule has 0 fully saturated rings. The summed E-state index contributed by atoms with van der Waals surface area (Å²) >= 11 is 5.78. The van der Waals surface area contributed by atoms with Crippen LogP contribution in [0.5, 0.6) is 0 Å². The van der Waals surface area contributed by atoms with Gasteiger partial charge in [-0.1, -0.05) is 11.6 Å². The molecular weight excluding hydrogens is 283 g/mol. The highest BCUT2D eigenvalue weighted by molar-refractivity contribution is 6.31. The van der Waals surface area contributed by atoms with Crippen LogP contribution in [0.25, 0.3) is 11.0 Å². The van der Waals surface area contributed by atoms with Gasteiger partial charge in [-0.3, -0.25) is 9.36 Å². The van der Waals surface area contributed by atoms with E-state index < -0.39 is 11.9 Å². The number of nitrogens with zero attached hydrogens (tertiary/aromatic N) is 2. The molecule has 0 aliphatic carbocycles. The molecule has 1 atom stereocenters. The molecule has 7 heteroatoms. The lowest BCUT2D eigenvalue weighted by Gasteiger charge is -2.17. The van der Waals surface area contributed by atoms with Gasteiger partial charge in [0.05, 0.1) is 16.1 Å². The second-order valence-corrected chi connectivity index (χ2v) is 5.34. The second-order valence-electron chi connectivity index (χ2n) is 4.93. The van der Waals surface area contributed by atoms with Gasteiger partial charge in [0.15, 0.2) is 0 Å². The van der Waals surface area contributed by atoms with Crippen molar-refractivity contribution in [2.75, 3.05) is 5.73 Å². The average molecular weight is 299 g/mol. The molecule has 1 amide bonds. The number of anilines is 1. The number of nitrogen functional groups attached to an aromatic ring is 1. The highest BCUT2D eigenvalue weighted by Gasteiger charge is 2.21. The molecule has 0 radical (unpaired) electrons. The Bertz CT molecular complexity index is 668. The van der Waals surface area contributed by atoms with Crippen LogP contribution >= 0.6 is 11.6 Å². The fourth-order valence-electron chi connectivity index (χ4n) is 2.04. The van der Waals surface area contributed by atoms with Crippen LogP contribution in [0.1, 0.15) is 26.8 Å². The van der Waals surface area contributed by atoms with Crippen molar-refractivity contribution in [1.82, 2.24) is 14.9 Å². The molecule has 3 N–H and O–H groups in total. The van der Waals surface area contributed by atoms with Crippen molar-refractivity contribution in [3.05, 3.63) is 23.0 Å². The van der Waals surface area contributed by atoms with Crippen molar-refractivity contribution in [3.8, 4) is 0 Å². The maximum Gasteiger partial charge on any atom is 0.243 e. The molecule has 0 saturated heterocycles. The zero-order chi connectivity index (χ0) is 15.0. The standard InChI is InChI=1S/C13H16ClFN4O/c1-6(2)17-12(20)7(3)19-11-4-8(14)9(15)5-10(11)18-13(19)16/h4-7H,1-3H3,(H2,16,18)(H,17,20). The van der Waals surface area contributed by atoms with Gasteiger partial charge >= 0.3 is 0 Å². The average Bonchev–Trinajstić information content (AvgIpc) is 2.63. The minimum Gasteiger partial charge on any atom is -0.369 e. The first-order valence-corrected chi connectivity index (χ1v) is 6.62. The van der Waals surface area contributed by atoms with Crippen LogP contribution in [0.2, 0.25) is 5.02 Å². The number of amides is 1. The Morgan fingerprint density at radius 3 is 2.70 bits per heavy atom. The van der Waals surface area contributed by atoms with Gasteiger partial charge in [0.1, 0.15) is 11.9 Å². The number of rotatable bonds is 3. The zero-order valence-electron chi connectivity index (χ0n) is 11.4. The largest absolute Gasteiger partial charge is 0.369 e. The molecule has 1 heterocycles. The summed E-state index contributed by atoms with van der Waals surface area (Å²) in [7, 11) is 0. The lowest BCUT2D eigenvalue weighted by molar-refractivity contribution is -0.124. The minimum atomic E-state index is -0.567. The highest BCUT2D eigenvalue weighted by Crippen LogP contribution is 2.27. The molecule has 2 aromatic rings. The van der Waals surface area contributed by atoms with Crippen LogP contribution in [0.4, 0.5) is 10.3 Å². The third-order valence-electron chi connectivity index (χ3n) is 2.96. The SMILES string of the molecule is CC(C)NC(=O)C(C)n1c(N)nc2cc(F)c(Cl)cc21. The van der Waals surface area contributed by atoms with Crippen molar-refractivity contribution in [3.63, 3.8) is 0 Å². The number of nitrogens with one attached hydrogen (secondary N) is 1. The number of benzene rings is 1. The van der Waals surface area contributed by atoms with E-state index in [0.29, 0.717) is 11.0 Å². The maximum atomic E-state index is 13.4. The lowest BCUT2D eigenvalue weighted by atomic mass is 10.2. The van der Waals surface area contributed by atoms with Gasteiger partial charge in [0.2, 0.25) is 11.9 Å². The van der Waals surface area contributed by atoms with Gasteiger partial charge in [-0.25, -0.2) is 9.37 Å². The number of fused-ring (bicyclic) bond motifs is 1. The first kappa shape index (κ1) is 14.6. The minimum absolute atomic E-state index is 0.0157. The molecule has 108 valence electrons. The van der Waals surface area contributed by atoms with E-state index in [1.165, 1.54) is 12.1 Å². The number of halogens is 2. The van der Waals surface area contributed by atoms with E-state index in [0.717, 1.165) is 0 Å². The monoisotopic (exact) mass is 298 g/mol. The van der Waals surface area contributed by atoms with Gasteiger partial charge in [-0.2, -0.15) is 0 Å². The molecule has 20 heavy (non-hydrogen) atoms. The molecule has 0 aliphatic heterocycles. The third-order valence-corrected chi connectivity index (χ3v) is 3.25. The molecule has 2 rings (SSSR count). The van der Waals surface area contributed by atoms with Crippen LogP contribution < -0.4 is 11.1 Å². The van der Waals surface area contributed by atoms with Crippen LogP contribution in [-0.2, 0) is 4.79 Å². The number of imidazole rings is 1. The normalized spacial score (nSPS) is 12.9. The van der Waals surface area contributed by atoms with Crippen molar-refractivity contribution < 1.29 is 9.18 Å². The number of hydrogen-bond acceptors (Lipinski definition) is 3. The fourth-order valence-corrected chi connectivity index (χ4v) is 2.20. The first-order chi connectivity index (χ1) is 9.31. The number of carbonyl (C=O) groups is 1. The van der Waals surface area contributed by atoms with Crippen LogP contribution in [-0.4, -0.2) is 21.5 Å². The number of aromatic nitrogens is 2. The summed E-state index contributed by atoms with van der Waals surface area (Å²) in [5.74, 6) is -0.609. The van der Waals surface area contributed by atoms with E-state index >= 15 is 0 Å². The topological polar surface area (TPSA) is 72.9 Å². The lowest BCUT2D eigenvalue weighted by Crippen LogP contribution is -2.36. The molecule has 1 unspecified atom stereocenters. The third kappa shape index (κ3) is 2.56. The van der Waals surface area contributed by atoms with Crippen molar-refractivity contribution in [1.29, 1.82) is 0 Å². The number of nitrogens with two attached hydrogens (primary N) is 1. The predicted molar refractivity (Wildman–Crippen MR) is 77.1 cm³/mol. The van der Waals surface area contributed by atoms with E-state index in [1.54, 1.807) is 11.5 Å². The predicted octanol–water partition coefficient (Wildman–Crippen LogP) is 2.50. The van der Waals surface area contributed by atoms with E-state index in [4.69, 9.17) is 17.3 Å². The molecule has 0 saturated carbocycles. The van der Waals surface area contributed by atoms with Crippen LogP contribution in [0, 0.1) is 5.82 Å². The van der Waals surface area contributed by atoms with E-state index in [-0.39, 0.29) is 22.9 Å². The van der Waals surface area contributed by atoms with Gasteiger partial charge in [0, 0.05) is 12.1 Å². The van der Waals surface area contributed by atoms with Crippen molar-refractivity contribution in [2.45, 2.75) is 32.9 Å². The number of hydrogen-bond donors (Lipinski definition) is 2. The molecule has 1 aromatic carbocycles. The zero-order valence-corrected chi connectivity index (χ0v) is 12.2. The van der Waals surface area contributed by atoms with Gasteiger partial charge in [0.25, 0.3) is 0 Å². The molecule has 5 nitrogen and oxygen atoms in total. The molecule has 1 aromatic heterocycles. The van der Waals surface area contributed by atoms with E-state index in [1.807, 2.05) is 13.8 Å². The highest BCUT2D eigenvalue weighted by atomic mass is 35.5. The summed E-state index contributed by atoms with van der Waals surface area (Å²) in [5.41, 5.74) is 6.73. The Labute approximate surface area is 120 Å². The summed E-state index contributed by atoms with van der Waals surface area (Å²) in [6, 6.07) is 2.08. The Balaban J connectivity index is 2.51. The van der Waals surface area contributed by atoms with Crippen LogP contribution in [0.15, 0.2) is 12.1 Å². The molecule has 0 spiro atoms. The van der Waals surface area contributed by atoms with Gasteiger partial charge in [-0.05, 0) is 26.8 Å². The maximum absolute atomic E-state index is 13.4. The summed E-state index contributed by atoms with van der Waals surface area (Å²) in [6.07, 6.45) is 0. The number of carbonyl (C=O) groups excluding carboxylic acids is 1. The van der Waals surface area contributed by atoms with E-state index in [9.17, 15) is 9.18 Å². The Morgan fingerprint density at radius 1 is 1.45 bits per heavy atom. The summed E-state index contributed by atoms with van der Waals surface area (Å²) in [6.45, 7) is 5.44. The first-order valence-electron chi connectivity index (χ1n) is 6.24. The Morgan fingerprint density at radius 2 is 2.10 bits per heavy atom. The summed E-state index contributed by atoms with van der Waals surface area (Å²) < 4.78 is 15.0. The Hall–Kier alpha value is -1.82. The van der Waals surface area contributed by atoms with Crippen LogP contribution in [0.3, 0.4) is 0 Å². The fraction of sp³-hybridized carbons (Fsp3) is 0.385. The van der Waals surface area contributed by atoms with Gasteiger partial charge < -0.3 is 11.1 Å². The van der Waals surface area contributed by atoms with E-state index in [2.05, 4.69) is 10.3 Å². The second kappa shape index (κ2) is 5.28. The molecule has 0 aliphatic rings. The Kier molecular flexibility index (Phi) is 3.85. The van der Waals surface area contributed by atoms with Crippen molar-refractivity contribution >= 4 is 34.5 Å².